The lowest BCUT2D eigenvalue weighted by atomic mass is 10.2. The van der Waals surface area contributed by atoms with Crippen LogP contribution in [0.25, 0.3) is 11.2 Å². The van der Waals surface area contributed by atoms with E-state index in [4.69, 9.17) is 4.74 Å². The van der Waals surface area contributed by atoms with Gasteiger partial charge in [0.15, 0.2) is 11.2 Å². The van der Waals surface area contributed by atoms with Crippen LogP contribution in [0.4, 0.5) is 0 Å². The highest BCUT2D eigenvalue weighted by Crippen LogP contribution is 2.11. The van der Waals surface area contributed by atoms with Gasteiger partial charge in [0.25, 0.3) is 5.56 Å². The van der Waals surface area contributed by atoms with Gasteiger partial charge in [0.1, 0.15) is 6.54 Å². The third-order valence-electron chi connectivity index (χ3n) is 5.46. The highest BCUT2D eigenvalue weighted by atomic mass is 16.5. The normalized spacial score (nSPS) is 14.0. The van der Waals surface area contributed by atoms with E-state index in [2.05, 4.69) is 4.98 Å². The smallest absolute Gasteiger partial charge is 0.333 e. The minimum Gasteiger partial charge on any atom is -0.383 e. The third-order valence-corrected chi connectivity index (χ3v) is 5.46. The molecule has 0 unspecified atom stereocenters. The summed E-state index contributed by atoms with van der Waals surface area (Å²) in [7, 11) is 1.58. The molecular weight excluding hydrogens is 386 g/mol. The Morgan fingerprint density at radius 2 is 1.83 bits per heavy atom. The molecule has 1 aliphatic heterocycles. The fourth-order valence-corrected chi connectivity index (χ4v) is 3.85. The van der Waals surface area contributed by atoms with Crippen molar-refractivity contribution in [3.8, 4) is 0 Å². The highest BCUT2D eigenvalue weighted by molar-refractivity contribution is 5.77. The Hall–Kier alpha value is -3.20. The molecule has 1 amide bonds. The maximum Gasteiger partial charge on any atom is 0.333 e. The summed E-state index contributed by atoms with van der Waals surface area (Å²) in [6, 6.07) is 9.50. The van der Waals surface area contributed by atoms with Crippen LogP contribution >= 0.6 is 0 Å². The Labute approximate surface area is 173 Å². The van der Waals surface area contributed by atoms with Gasteiger partial charge < -0.3 is 14.2 Å². The Morgan fingerprint density at radius 3 is 2.53 bits per heavy atom. The number of hydrogen-bond acceptors (Lipinski definition) is 5. The van der Waals surface area contributed by atoms with Gasteiger partial charge in [-0.25, -0.2) is 14.3 Å². The van der Waals surface area contributed by atoms with E-state index in [1.165, 1.54) is 4.57 Å². The Bertz CT molecular complexity index is 1160. The highest BCUT2D eigenvalue weighted by Gasteiger charge is 2.23. The van der Waals surface area contributed by atoms with E-state index in [9.17, 15) is 14.4 Å². The summed E-state index contributed by atoms with van der Waals surface area (Å²) in [6.07, 6.45) is 3.43. The minimum absolute atomic E-state index is 0.208. The molecule has 0 spiro atoms. The zero-order chi connectivity index (χ0) is 21.1. The number of imidazole rings is 1. The van der Waals surface area contributed by atoms with Crippen LogP contribution < -0.4 is 11.2 Å². The molecule has 0 N–H and O–H groups in total. The van der Waals surface area contributed by atoms with E-state index in [0.717, 1.165) is 23.0 Å². The summed E-state index contributed by atoms with van der Waals surface area (Å²) in [4.78, 5) is 45.2. The number of benzene rings is 1. The van der Waals surface area contributed by atoms with Crippen molar-refractivity contribution in [1.29, 1.82) is 0 Å². The molecule has 9 nitrogen and oxygen atoms in total. The van der Waals surface area contributed by atoms with Crippen LogP contribution in [-0.4, -0.2) is 56.3 Å². The number of carbonyl (C=O) groups excluding carboxylic acids is 1. The van der Waals surface area contributed by atoms with E-state index >= 15 is 0 Å². The largest absolute Gasteiger partial charge is 0.383 e. The number of ether oxygens (including phenoxy) is 1. The van der Waals surface area contributed by atoms with Gasteiger partial charge in [0.05, 0.1) is 19.5 Å². The average Bonchev–Trinajstić information content (AvgIpc) is 3.44. The second kappa shape index (κ2) is 8.66. The van der Waals surface area contributed by atoms with E-state index in [-0.39, 0.29) is 19.0 Å². The van der Waals surface area contributed by atoms with Crippen molar-refractivity contribution in [1.82, 2.24) is 23.6 Å². The van der Waals surface area contributed by atoms with Crippen LogP contribution in [0.3, 0.4) is 0 Å². The van der Waals surface area contributed by atoms with Gasteiger partial charge in [-0.05, 0) is 18.4 Å². The summed E-state index contributed by atoms with van der Waals surface area (Å²) in [5, 5.41) is 0. The van der Waals surface area contributed by atoms with Crippen molar-refractivity contribution in [3.05, 3.63) is 63.1 Å². The van der Waals surface area contributed by atoms with Gasteiger partial charge in [-0.2, -0.15) is 0 Å². The molecule has 158 valence electrons. The van der Waals surface area contributed by atoms with E-state index in [0.29, 0.717) is 37.4 Å². The number of fused-ring (bicyclic) bond motifs is 1. The number of nitrogens with zero attached hydrogens (tertiary/aromatic N) is 5. The van der Waals surface area contributed by atoms with E-state index in [1.807, 2.05) is 30.3 Å². The summed E-state index contributed by atoms with van der Waals surface area (Å²) >= 11 is 0. The van der Waals surface area contributed by atoms with Crippen molar-refractivity contribution >= 4 is 17.1 Å². The number of carbonyl (C=O) groups is 1. The van der Waals surface area contributed by atoms with Crippen molar-refractivity contribution in [2.24, 2.45) is 0 Å². The molecule has 3 aromatic rings. The van der Waals surface area contributed by atoms with Crippen molar-refractivity contribution in [2.75, 3.05) is 26.8 Å². The van der Waals surface area contributed by atoms with E-state index in [1.54, 1.807) is 22.9 Å². The fraction of sp³-hybridized carbons (Fsp3) is 0.429. The molecule has 0 bridgehead atoms. The van der Waals surface area contributed by atoms with Crippen LogP contribution in [0.15, 0.2) is 46.2 Å². The fourth-order valence-electron chi connectivity index (χ4n) is 3.85. The molecule has 1 aromatic carbocycles. The lowest BCUT2D eigenvalue weighted by Crippen LogP contribution is -2.45. The van der Waals surface area contributed by atoms with Gasteiger partial charge in [0, 0.05) is 26.7 Å². The Balaban J connectivity index is 1.83. The first-order valence-electron chi connectivity index (χ1n) is 10.1. The molecule has 9 heteroatoms. The summed E-state index contributed by atoms with van der Waals surface area (Å²) < 4.78 is 9.31. The molecule has 1 fully saturated rings. The molecule has 1 saturated heterocycles. The molecule has 3 heterocycles. The van der Waals surface area contributed by atoms with Crippen molar-refractivity contribution in [3.63, 3.8) is 0 Å². The monoisotopic (exact) mass is 411 g/mol. The first kappa shape index (κ1) is 20.1. The molecule has 0 radical (unpaired) electrons. The Kier molecular flexibility index (Phi) is 5.80. The van der Waals surface area contributed by atoms with Crippen LogP contribution in [0.5, 0.6) is 0 Å². The van der Waals surface area contributed by atoms with Crippen LogP contribution in [0.1, 0.15) is 18.4 Å². The standard InChI is InChI=1S/C21H25N5O4/c1-30-12-11-24-15-22-19-18(24)20(28)26(14-17(27)23-9-5-6-10-23)21(29)25(19)13-16-7-3-2-4-8-16/h2-4,7-8,15H,5-6,9-14H2,1H3. The molecule has 0 saturated carbocycles. The predicted molar refractivity (Wildman–Crippen MR) is 111 cm³/mol. The minimum atomic E-state index is -0.527. The molecule has 1 aliphatic rings. The topological polar surface area (TPSA) is 91.4 Å². The zero-order valence-electron chi connectivity index (χ0n) is 17.0. The SMILES string of the molecule is COCCn1cnc2c1c(=O)n(CC(=O)N1CCCC1)c(=O)n2Cc1ccccc1. The third kappa shape index (κ3) is 3.80. The van der Waals surface area contributed by atoms with Gasteiger partial charge in [-0.3, -0.25) is 14.2 Å². The average molecular weight is 411 g/mol. The summed E-state index contributed by atoms with van der Waals surface area (Å²) in [5.74, 6) is -0.208. The summed E-state index contributed by atoms with van der Waals surface area (Å²) in [5.41, 5.74) is 0.497. The lowest BCUT2D eigenvalue weighted by molar-refractivity contribution is -0.130. The molecule has 2 aromatic heterocycles. The quantitative estimate of drug-likeness (QED) is 0.570. The zero-order valence-corrected chi connectivity index (χ0v) is 17.0. The maximum absolute atomic E-state index is 13.3. The second-order valence-electron chi connectivity index (χ2n) is 7.44. The van der Waals surface area contributed by atoms with Crippen molar-refractivity contribution < 1.29 is 9.53 Å². The molecule has 0 aliphatic carbocycles. The Morgan fingerprint density at radius 1 is 1.10 bits per heavy atom. The van der Waals surface area contributed by atoms with Crippen LogP contribution in [0, 0.1) is 0 Å². The number of aromatic nitrogens is 4. The maximum atomic E-state index is 13.3. The first-order chi connectivity index (χ1) is 14.6. The lowest BCUT2D eigenvalue weighted by Gasteiger charge is -2.17. The number of amides is 1. The first-order valence-corrected chi connectivity index (χ1v) is 10.1. The van der Waals surface area contributed by atoms with Crippen LogP contribution in [-0.2, 0) is 29.2 Å². The van der Waals surface area contributed by atoms with E-state index < -0.39 is 11.2 Å². The van der Waals surface area contributed by atoms with Gasteiger partial charge in [-0.15, -0.1) is 0 Å². The number of likely N-dealkylation sites (tertiary alicyclic amines) is 1. The molecular formula is C21H25N5O4. The van der Waals surface area contributed by atoms with Gasteiger partial charge in [0.2, 0.25) is 5.91 Å². The van der Waals surface area contributed by atoms with Crippen molar-refractivity contribution in [2.45, 2.75) is 32.5 Å². The molecule has 0 atom stereocenters. The molecule has 4 rings (SSSR count). The van der Waals surface area contributed by atoms with Gasteiger partial charge >= 0.3 is 5.69 Å². The number of methoxy groups -OCH3 is 1. The van der Waals surface area contributed by atoms with Gasteiger partial charge in [-0.1, -0.05) is 30.3 Å². The number of rotatable bonds is 7. The summed E-state index contributed by atoms with van der Waals surface area (Å²) in [6.45, 7) is 2.15. The second-order valence-corrected chi connectivity index (χ2v) is 7.44. The predicted octanol–water partition coefficient (Wildman–Crippen LogP) is 0.677. The number of hydrogen-bond donors (Lipinski definition) is 0. The van der Waals surface area contributed by atoms with Crippen LogP contribution in [0.2, 0.25) is 0 Å². The molecule has 30 heavy (non-hydrogen) atoms.